The minimum atomic E-state index is -0.443. The predicted molar refractivity (Wildman–Crippen MR) is 142 cm³/mol. The van der Waals surface area contributed by atoms with Crippen molar-refractivity contribution in [2.45, 2.75) is 39.2 Å². The zero-order valence-electron chi connectivity index (χ0n) is 21.4. The average Bonchev–Trinajstić information content (AvgIpc) is 3.69. The summed E-state index contributed by atoms with van der Waals surface area (Å²) in [5.74, 6) is 1.42. The first-order chi connectivity index (χ1) is 18.5. The van der Waals surface area contributed by atoms with Crippen LogP contribution in [0.1, 0.15) is 48.3 Å². The van der Waals surface area contributed by atoms with E-state index in [2.05, 4.69) is 32.8 Å². The normalized spacial score (nSPS) is 16.7. The quantitative estimate of drug-likeness (QED) is 0.374. The van der Waals surface area contributed by atoms with E-state index in [1.54, 1.807) is 19.1 Å². The van der Waals surface area contributed by atoms with Crippen LogP contribution in [0.5, 0.6) is 0 Å². The molecular formula is C28H29FN8O. The van der Waals surface area contributed by atoms with Gasteiger partial charge in [0.15, 0.2) is 5.82 Å². The lowest BCUT2D eigenvalue weighted by Crippen LogP contribution is -2.40. The molecule has 194 valence electrons. The summed E-state index contributed by atoms with van der Waals surface area (Å²) in [7, 11) is 0. The Kier molecular flexibility index (Phi) is 6.22. The molecule has 4 aromatic rings. The molecule has 1 amide bonds. The van der Waals surface area contributed by atoms with Gasteiger partial charge in [0, 0.05) is 36.2 Å². The summed E-state index contributed by atoms with van der Waals surface area (Å²) in [4.78, 5) is 28.8. The largest absolute Gasteiger partial charge is 0.370 e. The molecule has 2 aliphatic rings. The zero-order valence-corrected chi connectivity index (χ0v) is 21.4. The molecule has 0 bridgehead atoms. The van der Waals surface area contributed by atoms with Crippen molar-refractivity contribution in [3.63, 3.8) is 0 Å². The van der Waals surface area contributed by atoms with Gasteiger partial charge < -0.3 is 15.5 Å². The molecule has 1 saturated carbocycles. The van der Waals surface area contributed by atoms with Gasteiger partial charge in [0.2, 0.25) is 11.9 Å². The zero-order chi connectivity index (χ0) is 26.2. The fourth-order valence-corrected chi connectivity index (χ4v) is 4.94. The van der Waals surface area contributed by atoms with Crippen molar-refractivity contribution in [3.05, 3.63) is 83.3 Å². The maximum absolute atomic E-state index is 15.0. The van der Waals surface area contributed by atoms with Crippen LogP contribution in [0.25, 0.3) is 5.69 Å². The number of fused-ring (bicyclic) bond motifs is 1. The second kappa shape index (κ2) is 9.85. The first-order valence-corrected chi connectivity index (χ1v) is 12.9. The second-order valence-electron chi connectivity index (χ2n) is 9.77. The first kappa shape index (κ1) is 24.0. The van der Waals surface area contributed by atoms with Crippen molar-refractivity contribution < 1.29 is 9.18 Å². The molecule has 6 rings (SSSR count). The van der Waals surface area contributed by atoms with E-state index in [0.717, 1.165) is 29.7 Å². The molecule has 1 unspecified atom stereocenters. The minimum Gasteiger partial charge on any atom is -0.370 e. The Morgan fingerprint density at radius 2 is 1.95 bits per heavy atom. The van der Waals surface area contributed by atoms with Gasteiger partial charge in [-0.15, -0.1) is 0 Å². The number of hydrogen-bond donors (Lipinski definition) is 2. The lowest BCUT2D eigenvalue weighted by atomic mass is 9.88. The number of nitrogens with one attached hydrogen (secondary N) is 2. The van der Waals surface area contributed by atoms with E-state index in [0.29, 0.717) is 48.6 Å². The molecule has 0 spiro atoms. The average molecular weight is 513 g/mol. The van der Waals surface area contributed by atoms with Crippen molar-refractivity contribution in [3.8, 4) is 5.69 Å². The van der Waals surface area contributed by atoms with Crippen LogP contribution in [0.4, 0.5) is 21.8 Å². The van der Waals surface area contributed by atoms with Crippen molar-refractivity contribution in [2.75, 3.05) is 23.7 Å². The van der Waals surface area contributed by atoms with Crippen molar-refractivity contribution >= 4 is 23.4 Å². The van der Waals surface area contributed by atoms with E-state index in [9.17, 15) is 9.18 Å². The van der Waals surface area contributed by atoms with Crippen LogP contribution in [0.2, 0.25) is 0 Å². The predicted octanol–water partition coefficient (Wildman–Crippen LogP) is 4.56. The van der Waals surface area contributed by atoms with E-state index < -0.39 is 5.82 Å². The maximum Gasteiger partial charge on any atom is 0.229 e. The molecule has 1 aliphatic carbocycles. The van der Waals surface area contributed by atoms with Gasteiger partial charge in [-0.05, 0) is 50.5 Å². The molecular weight excluding hydrogens is 483 g/mol. The summed E-state index contributed by atoms with van der Waals surface area (Å²) in [6.45, 7) is 5.46. The third-order valence-electron chi connectivity index (χ3n) is 6.96. The fraction of sp³-hybridized carbons (Fsp3) is 0.321. The number of aryl methyl sites for hydroxylation is 1. The molecule has 38 heavy (non-hydrogen) atoms. The molecule has 1 aliphatic heterocycles. The lowest BCUT2D eigenvalue weighted by molar-refractivity contribution is -0.133. The van der Waals surface area contributed by atoms with Gasteiger partial charge >= 0.3 is 0 Å². The molecule has 10 heteroatoms. The highest BCUT2D eigenvalue weighted by Crippen LogP contribution is 2.39. The molecule has 0 saturated heterocycles. The van der Waals surface area contributed by atoms with E-state index >= 15 is 0 Å². The third kappa shape index (κ3) is 4.69. The number of amides is 1. The van der Waals surface area contributed by atoms with Gasteiger partial charge in [0.25, 0.3) is 0 Å². The Morgan fingerprint density at radius 3 is 2.63 bits per heavy atom. The summed E-state index contributed by atoms with van der Waals surface area (Å²) >= 11 is 0. The monoisotopic (exact) mass is 512 g/mol. The topological polar surface area (TPSA) is 101 Å². The maximum atomic E-state index is 15.0. The number of rotatable bonds is 7. The summed E-state index contributed by atoms with van der Waals surface area (Å²) in [5, 5.41) is 10.7. The summed E-state index contributed by atoms with van der Waals surface area (Å²) < 4.78 is 16.4. The number of aromatic nitrogens is 5. The molecule has 3 heterocycles. The minimum absolute atomic E-state index is 0.0988. The van der Waals surface area contributed by atoms with Crippen LogP contribution in [-0.2, 0) is 11.3 Å². The lowest BCUT2D eigenvalue weighted by Gasteiger charge is -2.35. The molecule has 0 radical (unpaired) electrons. The Labute approximate surface area is 220 Å². The van der Waals surface area contributed by atoms with Crippen LogP contribution in [-0.4, -0.2) is 48.6 Å². The summed E-state index contributed by atoms with van der Waals surface area (Å²) in [6.07, 6.45) is 3.41. The van der Waals surface area contributed by atoms with Crippen LogP contribution >= 0.6 is 0 Å². The highest BCUT2D eigenvalue weighted by molar-refractivity contribution is 5.82. The van der Waals surface area contributed by atoms with Crippen LogP contribution in [0, 0.1) is 18.7 Å². The Balaban J connectivity index is 1.37. The van der Waals surface area contributed by atoms with Gasteiger partial charge in [0.1, 0.15) is 23.7 Å². The van der Waals surface area contributed by atoms with Gasteiger partial charge in [-0.1, -0.05) is 30.3 Å². The van der Waals surface area contributed by atoms with E-state index in [1.807, 2.05) is 30.0 Å². The van der Waals surface area contributed by atoms with Crippen LogP contribution < -0.4 is 10.6 Å². The smallest absolute Gasteiger partial charge is 0.229 e. The molecule has 2 N–H and O–H groups in total. The number of nitrogens with zero attached hydrogens (tertiary/aromatic N) is 6. The standard InChI is InChI=1S/C28H29FN8O/c1-3-30-26-22-15-36(27(38)19-9-10-19)14-21(18-7-5-4-6-8-18)25(22)33-28(34-26)32-20-11-12-24(23(29)13-20)37-16-31-17(2)35-37/h4-8,11-13,16,19,21H,3,9-10,14-15H2,1-2H3,(H2,30,32,33,34). The number of halogens is 1. The Morgan fingerprint density at radius 1 is 1.13 bits per heavy atom. The van der Waals surface area contributed by atoms with Gasteiger partial charge in [0.05, 0.1) is 12.2 Å². The van der Waals surface area contributed by atoms with Crippen molar-refractivity contribution in [1.82, 2.24) is 29.6 Å². The number of benzene rings is 2. The van der Waals surface area contributed by atoms with E-state index in [4.69, 9.17) is 9.97 Å². The van der Waals surface area contributed by atoms with E-state index in [-0.39, 0.29) is 17.7 Å². The number of hydrogen-bond acceptors (Lipinski definition) is 7. The highest BCUT2D eigenvalue weighted by Gasteiger charge is 2.39. The molecule has 2 aromatic heterocycles. The summed E-state index contributed by atoms with van der Waals surface area (Å²) in [6, 6.07) is 14.9. The first-order valence-electron chi connectivity index (χ1n) is 12.9. The SMILES string of the molecule is CCNc1nc(Nc2ccc(-n3cnc(C)n3)c(F)c2)nc2c1CN(C(=O)C1CC1)CC2c1ccccc1. The highest BCUT2D eigenvalue weighted by atomic mass is 19.1. The van der Waals surface area contributed by atoms with Gasteiger partial charge in [-0.2, -0.15) is 10.1 Å². The van der Waals surface area contributed by atoms with Crippen LogP contribution in [0.3, 0.4) is 0 Å². The molecule has 9 nitrogen and oxygen atoms in total. The summed E-state index contributed by atoms with van der Waals surface area (Å²) in [5.41, 5.74) is 3.71. The van der Waals surface area contributed by atoms with Crippen LogP contribution in [0.15, 0.2) is 54.9 Å². The Bertz CT molecular complexity index is 1480. The molecule has 1 fully saturated rings. The Hall–Kier alpha value is -4.34. The second-order valence-corrected chi connectivity index (χ2v) is 9.77. The van der Waals surface area contributed by atoms with Gasteiger partial charge in [-0.3, -0.25) is 4.79 Å². The number of anilines is 3. The molecule has 2 aromatic carbocycles. The number of carbonyl (C=O) groups is 1. The van der Waals surface area contributed by atoms with Crippen molar-refractivity contribution in [1.29, 1.82) is 0 Å². The number of carbonyl (C=O) groups excluding carboxylic acids is 1. The van der Waals surface area contributed by atoms with E-state index in [1.165, 1.54) is 17.1 Å². The fourth-order valence-electron chi connectivity index (χ4n) is 4.94. The molecule has 1 atom stereocenters. The third-order valence-corrected chi connectivity index (χ3v) is 6.96. The van der Waals surface area contributed by atoms with Crippen molar-refractivity contribution in [2.24, 2.45) is 5.92 Å². The van der Waals surface area contributed by atoms with Gasteiger partial charge in [-0.25, -0.2) is 19.0 Å².